The number of carbonyl (C=O) groups is 4. The highest BCUT2D eigenvalue weighted by atomic mass is 32.1. The molecule has 2 saturated carbocycles. The van der Waals surface area contributed by atoms with Gasteiger partial charge in [0.15, 0.2) is 0 Å². The van der Waals surface area contributed by atoms with Gasteiger partial charge in [-0.2, -0.15) is 0 Å². The van der Waals surface area contributed by atoms with Crippen molar-refractivity contribution in [1.29, 1.82) is 0 Å². The number of fused-ring (bicyclic) bond motifs is 7. The fourth-order valence-corrected chi connectivity index (χ4v) is 16.3. The lowest BCUT2D eigenvalue weighted by Crippen LogP contribution is -2.62. The summed E-state index contributed by atoms with van der Waals surface area (Å²) in [6.07, 6.45) is 16.4. The van der Waals surface area contributed by atoms with Crippen molar-refractivity contribution in [3.8, 4) is 22.5 Å². The number of hydrogen-bond donors (Lipinski definition) is 3. The normalized spacial score (nSPS) is 29.3. The molecule has 1 aromatic carbocycles. The minimum Gasteiger partial charge on any atom is -0.464 e. The maximum Gasteiger partial charge on any atom is 0.324 e. The van der Waals surface area contributed by atoms with Crippen LogP contribution >= 0.6 is 11.3 Å². The summed E-state index contributed by atoms with van der Waals surface area (Å²) in [4.78, 5) is 78.6. The van der Waals surface area contributed by atoms with E-state index in [1.807, 2.05) is 0 Å². The van der Waals surface area contributed by atoms with Gasteiger partial charge in [-0.3, -0.25) is 44.3 Å². The number of carbonyl (C=O) groups excluding carboxylic acids is 4. The van der Waals surface area contributed by atoms with Gasteiger partial charge >= 0.3 is 5.97 Å². The van der Waals surface area contributed by atoms with Crippen LogP contribution in [-0.2, 0) is 43.3 Å². The molecule has 6 bridgehead atoms. The second-order valence-electron chi connectivity index (χ2n) is 26.6. The van der Waals surface area contributed by atoms with Crippen LogP contribution in [-0.4, -0.2) is 160 Å². The van der Waals surface area contributed by atoms with E-state index in [1.54, 1.807) is 5.01 Å². The zero-order chi connectivity index (χ0) is 54.3. The molecule has 424 valence electrons. The fraction of sp³-hybridized carbons (Fsp3) is 0.677. The maximum absolute atomic E-state index is 15.2. The lowest BCUT2D eigenvalue weighted by Gasteiger charge is -2.45. The quantitative estimate of drug-likeness (QED) is 0.106. The Balaban J connectivity index is 0.822. The van der Waals surface area contributed by atoms with Crippen LogP contribution in [0.3, 0.4) is 0 Å². The first-order chi connectivity index (χ1) is 38.2. The van der Waals surface area contributed by atoms with Crippen LogP contribution in [0.4, 0.5) is 5.69 Å². The van der Waals surface area contributed by atoms with E-state index in [4.69, 9.17) is 14.7 Å². The topological polar surface area (TPSA) is 170 Å². The van der Waals surface area contributed by atoms with Gasteiger partial charge in [-0.15, -0.1) is 11.3 Å². The van der Waals surface area contributed by atoms with E-state index in [2.05, 4.69) is 111 Å². The number of aryl methyl sites for hydroxylation is 1. The van der Waals surface area contributed by atoms with Crippen molar-refractivity contribution in [3.63, 3.8) is 0 Å². The van der Waals surface area contributed by atoms with Crippen LogP contribution in [0.25, 0.3) is 33.4 Å². The molecule has 13 rings (SSSR count). The third-order valence-corrected chi connectivity index (χ3v) is 20.8. The summed E-state index contributed by atoms with van der Waals surface area (Å²) >= 11 is 1.53. The number of cyclic esters (lactones) is 1. The van der Waals surface area contributed by atoms with E-state index < -0.39 is 17.5 Å². The molecule has 7 aliphatic heterocycles. The number of amides is 3. The average Bonchev–Trinajstić information content (AvgIpc) is 4.28. The summed E-state index contributed by atoms with van der Waals surface area (Å²) < 4.78 is 8.80. The molecule has 10 heterocycles. The van der Waals surface area contributed by atoms with Crippen molar-refractivity contribution in [3.05, 3.63) is 52.1 Å². The number of nitrogens with one attached hydrogen (secondary N) is 3. The van der Waals surface area contributed by atoms with Gasteiger partial charge in [0.1, 0.15) is 18.1 Å². The maximum atomic E-state index is 15.2. The monoisotopic (exact) mass is 1100 g/mol. The number of pyridine rings is 1. The van der Waals surface area contributed by atoms with Gasteiger partial charge in [-0.05, 0) is 132 Å². The van der Waals surface area contributed by atoms with Crippen molar-refractivity contribution in [2.45, 2.75) is 180 Å². The van der Waals surface area contributed by atoms with Gasteiger partial charge in [0.25, 0.3) is 5.91 Å². The summed E-state index contributed by atoms with van der Waals surface area (Å²) in [5.41, 5.74) is 11.6. The van der Waals surface area contributed by atoms with Crippen LogP contribution in [0.2, 0.25) is 0 Å². The average molecular weight is 1100 g/mol. The lowest BCUT2D eigenvalue weighted by atomic mass is 9.84. The third-order valence-electron chi connectivity index (χ3n) is 20.0. The molecule has 79 heavy (non-hydrogen) atoms. The van der Waals surface area contributed by atoms with Crippen LogP contribution in [0, 0.1) is 22.7 Å². The Morgan fingerprint density at radius 3 is 2.56 bits per heavy atom. The van der Waals surface area contributed by atoms with Crippen molar-refractivity contribution >= 4 is 51.6 Å². The van der Waals surface area contributed by atoms with Crippen LogP contribution in [0.1, 0.15) is 140 Å². The number of aromatic nitrogens is 3. The first-order valence-corrected chi connectivity index (χ1v) is 31.5. The summed E-state index contributed by atoms with van der Waals surface area (Å²) in [7, 11) is 0. The van der Waals surface area contributed by atoms with Gasteiger partial charge in [0, 0.05) is 109 Å². The molecule has 1 spiro atoms. The Hall–Kier alpha value is -4.94. The van der Waals surface area contributed by atoms with E-state index in [-0.39, 0.29) is 66.1 Å². The van der Waals surface area contributed by atoms with Gasteiger partial charge in [0.05, 0.1) is 46.6 Å². The highest BCUT2D eigenvalue weighted by Crippen LogP contribution is 2.46. The van der Waals surface area contributed by atoms with Gasteiger partial charge in [-0.25, -0.2) is 10.4 Å². The predicted octanol–water partition coefficient (Wildman–Crippen LogP) is 7.53. The third kappa shape index (κ3) is 10.5. The number of nitrogens with zero attached hydrogens (tertiary/aromatic N) is 8. The van der Waals surface area contributed by atoms with E-state index in [0.717, 1.165) is 129 Å². The SMILES string of the molecule is CCn1c(-c2cc(N3CCN4CCCC[C@@H]4C3)cnc2C(C)C)c2c3cc(ccc31)-c1csc(n1)C[C@H](NC(=O)[C@H](C1CCCC1)N1CC[C@]3(CCN(C(=O)[C@@H]4N[C@@H]4C4CC4)C3)C1)C(=O)N1CCC[C@H](N1)C(=O)OCC(C)(C)C2. The number of hydrogen-bond acceptors (Lipinski definition) is 13. The zero-order valence-electron chi connectivity index (χ0n) is 47.6. The van der Waals surface area contributed by atoms with Gasteiger partial charge in [0.2, 0.25) is 11.8 Å². The van der Waals surface area contributed by atoms with Gasteiger partial charge in [-0.1, -0.05) is 53.0 Å². The number of hydrazine groups is 1. The molecule has 16 nitrogen and oxygen atoms in total. The first-order valence-electron chi connectivity index (χ1n) is 30.6. The number of benzene rings is 1. The van der Waals surface area contributed by atoms with Crippen molar-refractivity contribution in [2.24, 2.45) is 22.7 Å². The Labute approximate surface area is 471 Å². The molecule has 4 aromatic rings. The molecule has 6 saturated heterocycles. The fourth-order valence-electron chi connectivity index (χ4n) is 15.5. The summed E-state index contributed by atoms with van der Waals surface area (Å²) in [6, 6.07) is 8.03. The van der Waals surface area contributed by atoms with E-state index in [1.165, 1.54) is 66.9 Å². The summed E-state index contributed by atoms with van der Waals surface area (Å²) in [5.74, 6) is 0.522. The van der Waals surface area contributed by atoms with E-state index in [9.17, 15) is 9.59 Å². The highest BCUT2D eigenvalue weighted by Gasteiger charge is 2.55. The number of ether oxygens (including phenoxy) is 1. The second kappa shape index (κ2) is 21.4. The Morgan fingerprint density at radius 2 is 1.75 bits per heavy atom. The number of anilines is 1. The number of piperidine rings is 1. The molecule has 8 fully saturated rings. The molecule has 3 amide bonds. The highest BCUT2D eigenvalue weighted by molar-refractivity contribution is 7.10. The summed E-state index contributed by atoms with van der Waals surface area (Å²) in [6.45, 7) is 19.8. The molecule has 0 radical (unpaired) electrons. The van der Waals surface area contributed by atoms with E-state index in [0.29, 0.717) is 43.8 Å². The smallest absolute Gasteiger partial charge is 0.324 e. The number of esters is 1. The van der Waals surface area contributed by atoms with Gasteiger partial charge < -0.3 is 24.4 Å². The summed E-state index contributed by atoms with van der Waals surface area (Å²) in [5, 5.41) is 12.4. The number of rotatable bonds is 10. The molecule has 3 aromatic heterocycles. The van der Waals surface area contributed by atoms with Crippen molar-refractivity contribution in [2.75, 3.05) is 70.4 Å². The molecule has 3 N–H and O–H groups in total. The van der Waals surface area contributed by atoms with Crippen molar-refractivity contribution in [1.82, 2.24) is 50.3 Å². The minimum atomic E-state index is -0.918. The molecule has 17 heteroatoms. The van der Waals surface area contributed by atoms with E-state index >= 15 is 9.59 Å². The molecule has 0 unspecified atom stereocenters. The minimum absolute atomic E-state index is 0.0231. The largest absolute Gasteiger partial charge is 0.464 e. The Bertz CT molecular complexity index is 2980. The number of thiazole rings is 1. The molecule has 7 atom stereocenters. The van der Waals surface area contributed by atoms with Crippen molar-refractivity contribution < 1.29 is 23.9 Å². The lowest BCUT2D eigenvalue weighted by molar-refractivity contribution is -0.155. The predicted molar refractivity (Wildman–Crippen MR) is 308 cm³/mol. The first kappa shape index (κ1) is 53.4. The second-order valence-corrected chi connectivity index (χ2v) is 27.5. The Kier molecular flexibility index (Phi) is 14.5. The molecular formula is C62H85N11O5S. The molecule has 2 aliphatic carbocycles. The zero-order valence-corrected chi connectivity index (χ0v) is 48.4. The molecule has 9 aliphatic rings. The van der Waals surface area contributed by atoms with Crippen LogP contribution in [0.15, 0.2) is 35.8 Å². The van der Waals surface area contributed by atoms with Crippen LogP contribution < -0.4 is 21.0 Å². The molecular weight excluding hydrogens is 1010 g/mol. The number of piperazine rings is 1. The number of likely N-dealkylation sites (tertiary alicyclic amines) is 2. The standard InChI is InChI=1S/C62H85N11O5S/c1-6-72-50-19-18-41-28-44(50)46(56(72)45-29-43(32-63-52(45)38(2)3)69-27-26-68-22-10-9-14-42(68)33-69)31-61(4,5)37-78-60(77)47-15-11-23-73(67-47)58(75)48(30-51-64-49(41)34-79-51)65-57(74)55(40-12-7-8-13-40)70-24-20-62(35-70)21-25-71(36-62)59(76)54-53(66-54)39-16-17-39/h18-19,28-29,32,34,38-40,42,47-48,53-55,66-67H,6-17,20-27,30-31,33,35-37H2,1-5H3,(H,65,74)/t42-,47+,48+,53-,54-,55+,62+/m1/s1. The van der Waals surface area contributed by atoms with Crippen LogP contribution in [0.5, 0.6) is 0 Å². The Morgan fingerprint density at radius 1 is 0.924 bits per heavy atom.